The largest absolute Gasteiger partial charge is 0.494 e. The fourth-order valence-electron chi connectivity index (χ4n) is 5.59. The zero-order valence-corrected chi connectivity index (χ0v) is 30.5. The van der Waals surface area contributed by atoms with Crippen LogP contribution in [0.1, 0.15) is 166 Å². The van der Waals surface area contributed by atoms with E-state index in [9.17, 15) is 4.79 Å². The van der Waals surface area contributed by atoms with E-state index in [2.05, 4.69) is 15.9 Å². The van der Waals surface area contributed by atoms with Gasteiger partial charge in [-0.3, -0.25) is 4.79 Å². The van der Waals surface area contributed by atoms with E-state index < -0.39 is 5.97 Å². The molecule has 1 aromatic carbocycles. The highest BCUT2D eigenvalue weighted by Gasteiger charge is 2.01. The first-order valence-electron chi connectivity index (χ1n) is 18.9. The van der Waals surface area contributed by atoms with Crippen molar-refractivity contribution in [1.82, 2.24) is 0 Å². The van der Waals surface area contributed by atoms with Crippen LogP contribution in [0.3, 0.4) is 0 Å². The van der Waals surface area contributed by atoms with Gasteiger partial charge in [-0.2, -0.15) is 0 Å². The Morgan fingerprint density at radius 2 is 0.822 bits per heavy atom. The van der Waals surface area contributed by atoms with Gasteiger partial charge in [-0.15, -0.1) is 0 Å². The number of halogens is 1. The van der Waals surface area contributed by atoms with Crippen LogP contribution in [-0.4, -0.2) is 49.4 Å². The number of rotatable bonds is 36. The number of aliphatic carboxylic acids is 1. The SMILES string of the molecule is O=C(O)CCc1ccc(OCCCCCCCCCCOCCCCCCCCCCOCCCCCCCCCCBr)cc1. The first-order chi connectivity index (χ1) is 22.2. The molecule has 0 amide bonds. The maximum atomic E-state index is 10.7. The van der Waals surface area contributed by atoms with Gasteiger partial charge in [0.1, 0.15) is 5.75 Å². The zero-order valence-electron chi connectivity index (χ0n) is 28.9. The van der Waals surface area contributed by atoms with Gasteiger partial charge in [-0.05, 0) is 62.6 Å². The van der Waals surface area contributed by atoms with Crippen molar-refractivity contribution >= 4 is 21.9 Å². The smallest absolute Gasteiger partial charge is 0.303 e. The lowest BCUT2D eigenvalue weighted by atomic mass is 10.1. The summed E-state index contributed by atoms with van der Waals surface area (Å²) in [6.07, 6.45) is 32.2. The van der Waals surface area contributed by atoms with Crippen molar-refractivity contribution in [3.8, 4) is 5.75 Å². The van der Waals surface area contributed by atoms with Gasteiger partial charge in [0.05, 0.1) is 6.61 Å². The summed E-state index contributed by atoms with van der Waals surface area (Å²) >= 11 is 3.50. The van der Waals surface area contributed by atoms with Crippen LogP contribution in [0, 0.1) is 0 Å². The Morgan fingerprint density at radius 1 is 0.489 bits per heavy atom. The second kappa shape index (κ2) is 34.2. The average molecular weight is 698 g/mol. The fraction of sp³-hybridized carbons (Fsp3) is 0.821. The van der Waals surface area contributed by atoms with Crippen LogP contribution in [-0.2, 0) is 20.7 Å². The number of hydrogen-bond donors (Lipinski definition) is 1. The van der Waals surface area contributed by atoms with E-state index in [4.69, 9.17) is 19.3 Å². The van der Waals surface area contributed by atoms with Crippen molar-refractivity contribution in [3.05, 3.63) is 29.8 Å². The predicted octanol–water partition coefficient (Wildman–Crippen LogP) is 11.9. The molecule has 0 saturated carbocycles. The molecule has 1 rings (SSSR count). The summed E-state index contributed by atoms with van der Waals surface area (Å²) in [6.45, 7) is 4.53. The number of ether oxygens (including phenoxy) is 3. The van der Waals surface area contributed by atoms with Crippen molar-refractivity contribution in [1.29, 1.82) is 0 Å². The highest BCUT2D eigenvalue weighted by molar-refractivity contribution is 9.09. The summed E-state index contributed by atoms with van der Waals surface area (Å²) in [4.78, 5) is 10.7. The molecular weight excluding hydrogens is 628 g/mol. The Morgan fingerprint density at radius 3 is 1.18 bits per heavy atom. The van der Waals surface area contributed by atoms with Crippen LogP contribution >= 0.6 is 15.9 Å². The molecule has 0 saturated heterocycles. The molecular formula is C39H69BrO5. The molecule has 0 radical (unpaired) electrons. The third kappa shape index (κ3) is 31.3. The Balaban J connectivity index is 1.68. The van der Waals surface area contributed by atoms with Gasteiger partial charge in [0.15, 0.2) is 0 Å². The summed E-state index contributed by atoms with van der Waals surface area (Å²) in [7, 11) is 0. The van der Waals surface area contributed by atoms with Gasteiger partial charge >= 0.3 is 5.97 Å². The maximum Gasteiger partial charge on any atom is 0.303 e. The summed E-state index contributed by atoms with van der Waals surface area (Å²) in [5.74, 6) is 0.116. The topological polar surface area (TPSA) is 65.0 Å². The predicted molar refractivity (Wildman–Crippen MR) is 194 cm³/mol. The number of alkyl halides is 1. The number of unbranched alkanes of at least 4 members (excludes halogenated alkanes) is 21. The van der Waals surface area contributed by atoms with E-state index in [0.717, 1.165) is 56.1 Å². The standard InChI is InChI=1S/C39H69BrO5/c40-31-19-13-7-1-2-8-14-20-32-43-33-21-15-9-3-4-10-16-22-34-44-35-23-17-11-5-6-12-18-24-36-45-38-28-25-37(26-29-38)27-30-39(41)42/h25-26,28-29H,1-24,27,30-36H2,(H,41,42). The van der Waals surface area contributed by atoms with Crippen LogP contribution in [0.5, 0.6) is 5.75 Å². The molecule has 0 unspecified atom stereocenters. The van der Waals surface area contributed by atoms with Crippen LogP contribution < -0.4 is 4.74 Å². The van der Waals surface area contributed by atoms with Crippen molar-refractivity contribution in [2.24, 2.45) is 0 Å². The quantitative estimate of drug-likeness (QED) is 0.0558. The molecule has 0 atom stereocenters. The highest BCUT2D eigenvalue weighted by Crippen LogP contribution is 2.15. The first-order valence-corrected chi connectivity index (χ1v) is 20.0. The normalized spacial score (nSPS) is 11.3. The van der Waals surface area contributed by atoms with Crippen molar-refractivity contribution < 1.29 is 24.1 Å². The van der Waals surface area contributed by atoms with E-state index in [-0.39, 0.29) is 6.42 Å². The molecule has 45 heavy (non-hydrogen) atoms. The minimum Gasteiger partial charge on any atom is -0.494 e. The van der Waals surface area contributed by atoms with Crippen molar-refractivity contribution in [2.75, 3.05) is 38.4 Å². The molecule has 0 aliphatic rings. The lowest BCUT2D eigenvalue weighted by molar-refractivity contribution is -0.136. The lowest BCUT2D eigenvalue weighted by Crippen LogP contribution is -1.99. The Labute approximate surface area is 286 Å². The molecule has 0 aliphatic heterocycles. The second-order valence-electron chi connectivity index (χ2n) is 12.8. The molecule has 1 N–H and O–H groups in total. The number of carbonyl (C=O) groups is 1. The molecule has 5 nitrogen and oxygen atoms in total. The summed E-state index contributed by atoms with van der Waals surface area (Å²) in [6, 6.07) is 7.81. The van der Waals surface area contributed by atoms with Gasteiger partial charge in [0.25, 0.3) is 0 Å². The molecule has 0 heterocycles. The Hall–Kier alpha value is -1.11. The number of benzene rings is 1. The van der Waals surface area contributed by atoms with Crippen LogP contribution in [0.4, 0.5) is 0 Å². The summed E-state index contributed by atoms with van der Waals surface area (Å²) in [5, 5.41) is 9.93. The fourth-order valence-corrected chi connectivity index (χ4v) is 5.99. The van der Waals surface area contributed by atoms with Crippen LogP contribution in [0.2, 0.25) is 0 Å². The minimum absolute atomic E-state index is 0.171. The van der Waals surface area contributed by atoms with Crippen molar-refractivity contribution in [2.45, 2.75) is 167 Å². The molecule has 0 spiro atoms. The van der Waals surface area contributed by atoms with Gasteiger partial charge < -0.3 is 19.3 Å². The van der Waals surface area contributed by atoms with E-state index in [1.54, 1.807) is 0 Å². The molecule has 0 aromatic heterocycles. The minimum atomic E-state index is -0.757. The van der Waals surface area contributed by atoms with E-state index in [1.165, 1.54) is 148 Å². The second-order valence-corrected chi connectivity index (χ2v) is 13.6. The highest BCUT2D eigenvalue weighted by atomic mass is 79.9. The van der Waals surface area contributed by atoms with Gasteiger partial charge in [0.2, 0.25) is 0 Å². The molecule has 0 aliphatic carbocycles. The summed E-state index contributed by atoms with van der Waals surface area (Å²) in [5.41, 5.74) is 1.04. The number of carboxylic acid groups (broad SMARTS) is 1. The first kappa shape index (κ1) is 41.9. The third-order valence-electron chi connectivity index (χ3n) is 8.50. The van der Waals surface area contributed by atoms with Crippen LogP contribution in [0.15, 0.2) is 24.3 Å². The molecule has 0 fully saturated rings. The van der Waals surface area contributed by atoms with Crippen LogP contribution in [0.25, 0.3) is 0 Å². The molecule has 0 bridgehead atoms. The number of carboxylic acids is 1. The van der Waals surface area contributed by atoms with Gasteiger partial charge in [0, 0.05) is 38.2 Å². The monoisotopic (exact) mass is 696 g/mol. The molecule has 1 aromatic rings. The van der Waals surface area contributed by atoms with E-state index >= 15 is 0 Å². The summed E-state index contributed by atoms with van der Waals surface area (Å²) < 4.78 is 17.5. The Kier molecular flexibility index (Phi) is 31.9. The van der Waals surface area contributed by atoms with E-state index in [0.29, 0.717) is 6.42 Å². The Bertz CT molecular complexity index is 741. The number of hydrogen-bond acceptors (Lipinski definition) is 4. The molecule has 6 heteroatoms. The zero-order chi connectivity index (χ0) is 32.3. The van der Waals surface area contributed by atoms with Gasteiger partial charge in [-0.1, -0.05) is 144 Å². The van der Waals surface area contributed by atoms with Gasteiger partial charge in [-0.25, -0.2) is 0 Å². The van der Waals surface area contributed by atoms with Crippen molar-refractivity contribution in [3.63, 3.8) is 0 Å². The lowest BCUT2D eigenvalue weighted by Gasteiger charge is -2.07. The number of aryl methyl sites for hydroxylation is 1. The maximum absolute atomic E-state index is 10.7. The molecule has 262 valence electrons. The third-order valence-corrected chi connectivity index (χ3v) is 9.06. The average Bonchev–Trinajstić information content (AvgIpc) is 3.05. The van der Waals surface area contributed by atoms with E-state index in [1.807, 2.05) is 24.3 Å².